The molecule has 3 aromatic rings. The van der Waals surface area contributed by atoms with Crippen molar-refractivity contribution < 1.29 is 4.79 Å². The van der Waals surface area contributed by atoms with E-state index in [0.29, 0.717) is 9.90 Å². The van der Waals surface area contributed by atoms with Gasteiger partial charge in [-0.05, 0) is 31.0 Å². The molecule has 0 unspecified atom stereocenters. The lowest BCUT2D eigenvalue weighted by atomic mass is 10.2. The Labute approximate surface area is 149 Å². The fourth-order valence-electron chi connectivity index (χ4n) is 3.15. The maximum atomic E-state index is 12.8. The summed E-state index contributed by atoms with van der Waals surface area (Å²) in [7, 11) is 0. The van der Waals surface area contributed by atoms with Gasteiger partial charge in [0, 0.05) is 23.2 Å². The van der Waals surface area contributed by atoms with Crippen molar-refractivity contribution in [1.82, 2.24) is 0 Å². The Balaban J connectivity index is 1.65. The van der Waals surface area contributed by atoms with Crippen molar-refractivity contribution in [3.05, 3.63) is 58.4 Å². The number of fused-ring (bicyclic) bond motifs is 1. The van der Waals surface area contributed by atoms with Crippen LogP contribution in [0.4, 0.5) is 11.4 Å². The van der Waals surface area contributed by atoms with Crippen LogP contribution in [-0.2, 0) is 0 Å². The summed E-state index contributed by atoms with van der Waals surface area (Å²) in [5.74, 6) is -0.146. The Hall–Kier alpha value is -2.04. The summed E-state index contributed by atoms with van der Waals surface area (Å²) in [6.07, 6.45) is 2.40. The minimum Gasteiger partial charge on any atom is -0.370 e. The summed E-state index contributed by atoms with van der Waals surface area (Å²) in [4.78, 5) is 15.7. The third kappa shape index (κ3) is 2.76. The zero-order valence-electron chi connectivity index (χ0n) is 13.1. The van der Waals surface area contributed by atoms with Gasteiger partial charge in [0.1, 0.15) is 4.88 Å². The van der Waals surface area contributed by atoms with Gasteiger partial charge in [0.25, 0.3) is 5.91 Å². The molecule has 1 amide bonds. The first kappa shape index (κ1) is 15.5. The zero-order valence-corrected chi connectivity index (χ0v) is 14.7. The number of carbonyl (C=O) groups is 1. The molecule has 1 fully saturated rings. The van der Waals surface area contributed by atoms with Crippen LogP contribution in [0.1, 0.15) is 22.5 Å². The van der Waals surface area contributed by atoms with E-state index in [0.717, 1.165) is 34.6 Å². The van der Waals surface area contributed by atoms with Gasteiger partial charge in [0.05, 0.1) is 16.4 Å². The van der Waals surface area contributed by atoms with Crippen molar-refractivity contribution in [3.63, 3.8) is 0 Å². The molecule has 0 radical (unpaired) electrons. The number of thiophene rings is 1. The lowest BCUT2D eigenvalue weighted by molar-refractivity contribution is 0.103. The summed E-state index contributed by atoms with van der Waals surface area (Å²) < 4.78 is 1.03. The molecule has 0 atom stereocenters. The molecular formula is C19H17ClN2OS. The first-order chi connectivity index (χ1) is 11.7. The number of carbonyl (C=O) groups excluding carboxylic acids is 1. The number of hydrogen-bond acceptors (Lipinski definition) is 3. The van der Waals surface area contributed by atoms with E-state index in [1.54, 1.807) is 0 Å². The van der Waals surface area contributed by atoms with E-state index in [-0.39, 0.29) is 5.91 Å². The second-order valence-electron chi connectivity index (χ2n) is 5.91. The third-order valence-corrected chi connectivity index (χ3v) is 6.01. The summed E-state index contributed by atoms with van der Waals surface area (Å²) in [5.41, 5.74) is 1.93. The maximum Gasteiger partial charge on any atom is 0.267 e. The van der Waals surface area contributed by atoms with E-state index in [1.165, 1.54) is 24.2 Å². The quantitative estimate of drug-likeness (QED) is 0.680. The van der Waals surface area contributed by atoms with Crippen molar-refractivity contribution >= 4 is 50.3 Å². The Bertz CT molecular complexity index is 899. The van der Waals surface area contributed by atoms with Gasteiger partial charge in [-0.25, -0.2) is 0 Å². The highest BCUT2D eigenvalue weighted by Crippen LogP contribution is 2.36. The summed E-state index contributed by atoms with van der Waals surface area (Å²) in [6, 6.07) is 15.8. The SMILES string of the molecule is O=C(Nc1ccccc1N1CCCC1)c1sc2ccccc2c1Cl. The maximum absolute atomic E-state index is 12.8. The lowest BCUT2D eigenvalue weighted by Gasteiger charge is -2.21. The predicted molar refractivity (Wildman–Crippen MR) is 103 cm³/mol. The van der Waals surface area contributed by atoms with Crippen LogP contribution >= 0.6 is 22.9 Å². The van der Waals surface area contributed by atoms with Crippen LogP contribution in [0.25, 0.3) is 10.1 Å². The molecule has 2 heterocycles. The molecule has 1 aliphatic rings. The fraction of sp³-hybridized carbons (Fsp3) is 0.211. The van der Waals surface area contributed by atoms with Crippen LogP contribution in [0.15, 0.2) is 48.5 Å². The van der Waals surface area contributed by atoms with Gasteiger partial charge in [-0.1, -0.05) is 41.9 Å². The topological polar surface area (TPSA) is 32.3 Å². The number of anilines is 2. The van der Waals surface area contributed by atoms with Crippen molar-refractivity contribution in [3.8, 4) is 0 Å². The van der Waals surface area contributed by atoms with Crippen LogP contribution in [0.3, 0.4) is 0 Å². The minimum atomic E-state index is -0.146. The normalized spacial score (nSPS) is 14.3. The number of halogens is 1. The van der Waals surface area contributed by atoms with Gasteiger partial charge in [-0.15, -0.1) is 11.3 Å². The average molecular weight is 357 g/mol. The Morgan fingerprint density at radius 2 is 1.75 bits per heavy atom. The smallest absolute Gasteiger partial charge is 0.267 e. The highest BCUT2D eigenvalue weighted by molar-refractivity contribution is 7.21. The molecule has 3 nitrogen and oxygen atoms in total. The summed E-state index contributed by atoms with van der Waals surface area (Å²) >= 11 is 7.86. The van der Waals surface area contributed by atoms with Crippen LogP contribution in [-0.4, -0.2) is 19.0 Å². The number of para-hydroxylation sites is 2. The van der Waals surface area contributed by atoms with Gasteiger partial charge >= 0.3 is 0 Å². The van der Waals surface area contributed by atoms with E-state index in [1.807, 2.05) is 42.5 Å². The van der Waals surface area contributed by atoms with Crippen LogP contribution in [0.2, 0.25) is 5.02 Å². The second kappa shape index (κ2) is 6.46. The number of benzene rings is 2. The Kier molecular flexibility index (Phi) is 4.17. The number of hydrogen-bond donors (Lipinski definition) is 1. The van der Waals surface area contributed by atoms with E-state index < -0.39 is 0 Å². The van der Waals surface area contributed by atoms with Crippen LogP contribution < -0.4 is 10.2 Å². The van der Waals surface area contributed by atoms with Gasteiger partial charge in [0.15, 0.2) is 0 Å². The van der Waals surface area contributed by atoms with Gasteiger partial charge in [-0.2, -0.15) is 0 Å². The van der Waals surface area contributed by atoms with Crippen LogP contribution in [0.5, 0.6) is 0 Å². The first-order valence-electron chi connectivity index (χ1n) is 8.06. The zero-order chi connectivity index (χ0) is 16.5. The molecule has 4 rings (SSSR count). The third-order valence-electron chi connectivity index (χ3n) is 4.34. The number of nitrogens with one attached hydrogen (secondary N) is 1. The van der Waals surface area contributed by atoms with E-state index in [2.05, 4.69) is 16.3 Å². The lowest BCUT2D eigenvalue weighted by Crippen LogP contribution is -2.20. The first-order valence-corrected chi connectivity index (χ1v) is 9.26. The van der Waals surface area contributed by atoms with Crippen molar-refractivity contribution in [2.24, 2.45) is 0 Å². The standard InChI is InChI=1S/C19H17ClN2OS/c20-17-13-7-1-4-10-16(13)24-18(17)19(23)21-14-8-2-3-9-15(14)22-11-5-6-12-22/h1-4,7-10H,5-6,11-12H2,(H,21,23). The molecule has 5 heteroatoms. The molecule has 2 aromatic carbocycles. The summed E-state index contributed by atoms with van der Waals surface area (Å²) in [6.45, 7) is 2.08. The average Bonchev–Trinajstić information content (AvgIpc) is 3.24. The minimum absolute atomic E-state index is 0.146. The van der Waals surface area contributed by atoms with E-state index in [4.69, 9.17) is 11.6 Å². The number of nitrogens with zero attached hydrogens (tertiary/aromatic N) is 1. The van der Waals surface area contributed by atoms with E-state index in [9.17, 15) is 4.79 Å². The molecule has 122 valence electrons. The molecule has 24 heavy (non-hydrogen) atoms. The van der Waals surface area contributed by atoms with Crippen LogP contribution in [0, 0.1) is 0 Å². The highest BCUT2D eigenvalue weighted by atomic mass is 35.5. The van der Waals surface area contributed by atoms with E-state index >= 15 is 0 Å². The Morgan fingerprint density at radius 1 is 1.04 bits per heavy atom. The fourth-order valence-corrected chi connectivity index (χ4v) is 4.56. The molecule has 0 spiro atoms. The van der Waals surface area contributed by atoms with Gasteiger partial charge < -0.3 is 10.2 Å². The highest BCUT2D eigenvalue weighted by Gasteiger charge is 2.20. The molecule has 0 aliphatic carbocycles. The van der Waals surface area contributed by atoms with Crippen molar-refractivity contribution in [2.75, 3.05) is 23.3 Å². The molecular weight excluding hydrogens is 340 g/mol. The summed E-state index contributed by atoms with van der Waals surface area (Å²) in [5, 5.41) is 4.52. The van der Waals surface area contributed by atoms with Gasteiger partial charge in [0.2, 0.25) is 0 Å². The number of amides is 1. The largest absolute Gasteiger partial charge is 0.370 e. The molecule has 1 N–H and O–H groups in total. The van der Waals surface area contributed by atoms with Gasteiger partial charge in [-0.3, -0.25) is 4.79 Å². The molecule has 1 saturated heterocycles. The number of rotatable bonds is 3. The molecule has 0 saturated carbocycles. The van der Waals surface area contributed by atoms with Crippen molar-refractivity contribution in [2.45, 2.75) is 12.8 Å². The second-order valence-corrected chi connectivity index (χ2v) is 7.34. The Morgan fingerprint density at radius 3 is 2.54 bits per heavy atom. The molecule has 1 aliphatic heterocycles. The predicted octanol–water partition coefficient (Wildman–Crippen LogP) is 5.41. The molecule has 1 aromatic heterocycles. The molecule has 0 bridgehead atoms. The monoisotopic (exact) mass is 356 g/mol. The van der Waals surface area contributed by atoms with Crippen molar-refractivity contribution in [1.29, 1.82) is 0 Å².